The van der Waals surface area contributed by atoms with Gasteiger partial charge in [-0.1, -0.05) is 0 Å². The van der Waals surface area contributed by atoms with Crippen LogP contribution in [0.4, 0.5) is 0 Å². The van der Waals surface area contributed by atoms with Crippen LogP contribution in [-0.4, -0.2) is 14.5 Å². The predicted octanol–water partition coefficient (Wildman–Crippen LogP) is 2.81. The maximum absolute atomic E-state index is 12.4. The van der Waals surface area contributed by atoms with Crippen molar-refractivity contribution in [2.75, 3.05) is 0 Å². The van der Waals surface area contributed by atoms with Gasteiger partial charge in [0.1, 0.15) is 4.70 Å². The van der Waals surface area contributed by atoms with E-state index < -0.39 is 0 Å². The Kier molecular flexibility index (Phi) is 2.61. The number of aromatic nitrogens is 3. The molecule has 0 aliphatic carbocycles. The Hall–Kier alpha value is -1.79. The van der Waals surface area contributed by atoms with Crippen molar-refractivity contribution in [3.8, 4) is 5.69 Å². The Morgan fingerprint density at radius 1 is 1.39 bits per heavy atom. The van der Waals surface area contributed by atoms with E-state index >= 15 is 0 Å². The molecule has 0 fully saturated rings. The lowest BCUT2D eigenvalue weighted by Gasteiger charge is -2.05. The van der Waals surface area contributed by atoms with Crippen molar-refractivity contribution in [1.29, 1.82) is 0 Å². The molecule has 0 unspecified atom stereocenters. The van der Waals surface area contributed by atoms with Gasteiger partial charge in [0.15, 0.2) is 4.77 Å². The smallest absolute Gasteiger partial charge is 0.276 e. The van der Waals surface area contributed by atoms with Crippen LogP contribution >= 0.6 is 23.6 Å². The van der Waals surface area contributed by atoms with E-state index in [4.69, 9.17) is 12.2 Å². The van der Waals surface area contributed by atoms with Crippen molar-refractivity contribution in [2.45, 2.75) is 6.92 Å². The van der Waals surface area contributed by atoms with Crippen LogP contribution in [0, 0.1) is 11.7 Å². The van der Waals surface area contributed by atoms with Crippen LogP contribution in [0.5, 0.6) is 0 Å². The van der Waals surface area contributed by atoms with Gasteiger partial charge in [-0.25, -0.2) is 0 Å². The summed E-state index contributed by atoms with van der Waals surface area (Å²) in [4.78, 5) is 19.6. The fraction of sp³-hybridized carbons (Fsp3) is 0.0833. The number of H-pyrrole nitrogens is 1. The molecule has 0 saturated heterocycles. The van der Waals surface area contributed by atoms with Gasteiger partial charge in [0.2, 0.25) is 0 Å². The van der Waals surface area contributed by atoms with E-state index in [0.717, 1.165) is 11.2 Å². The number of nitrogens with zero attached hydrogens (tertiary/aromatic N) is 2. The predicted molar refractivity (Wildman–Crippen MR) is 75.1 cm³/mol. The van der Waals surface area contributed by atoms with Crippen molar-refractivity contribution in [3.63, 3.8) is 0 Å². The largest absolute Gasteiger partial charge is 0.331 e. The normalized spacial score (nSPS) is 10.9. The molecule has 0 radical (unpaired) electrons. The SMILES string of the molecule is Cc1ccc(-n2c(=S)[nH]c3ccsc3c2=O)cn1. The molecule has 6 heteroatoms. The molecule has 3 aromatic rings. The molecule has 0 amide bonds. The summed E-state index contributed by atoms with van der Waals surface area (Å²) < 4.78 is 2.53. The van der Waals surface area contributed by atoms with Crippen LogP contribution in [0.25, 0.3) is 15.9 Å². The highest BCUT2D eigenvalue weighted by molar-refractivity contribution is 7.71. The van der Waals surface area contributed by atoms with Crippen LogP contribution in [0.2, 0.25) is 0 Å². The third-order valence-electron chi connectivity index (χ3n) is 2.66. The number of aryl methyl sites for hydroxylation is 1. The number of aromatic amines is 1. The van der Waals surface area contributed by atoms with E-state index in [1.165, 1.54) is 15.9 Å². The van der Waals surface area contributed by atoms with E-state index in [2.05, 4.69) is 9.97 Å². The Labute approximate surface area is 112 Å². The van der Waals surface area contributed by atoms with Gasteiger partial charge in [-0.05, 0) is 42.7 Å². The standard InChI is InChI=1S/C12H9N3OS2/c1-7-2-3-8(6-13-7)15-11(16)10-9(4-5-18-10)14-12(15)17/h2-6H,1H3,(H,14,17). The summed E-state index contributed by atoms with van der Waals surface area (Å²) >= 11 is 6.64. The van der Waals surface area contributed by atoms with E-state index in [9.17, 15) is 4.79 Å². The molecule has 1 N–H and O–H groups in total. The Bertz CT molecular complexity index is 827. The molecule has 18 heavy (non-hydrogen) atoms. The molecule has 0 aliphatic rings. The van der Waals surface area contributed by atoms with E-state index in [-0.39, 0.29) is 5.56 Å². The second-order valence-corrected chi connectivity index (χ2v) is 5.19. The minimum Gasteiger partial charge on any atom is -0.331 e. The first-order chi connectivity index (χ1) is 8.66. The van der Waals surface area contributed by atoms with Gasteiger partial charge < -0.3 is 4.98 Å². The van der Waals surface area contributed by atoms with Crippen molar-refractivity contribution < 1.29 is 0 Å². The Balaban J connectivity index is 2.38. The van der Waals surface area contributed by atoms with Gasteiger partial charge in [-0.2, -0.15) is 0 Å². The third kappa shape index (κ3) is 1.70. The number of thiophene rings is 1. The Morgan fingerprint density at radius 3 is 2.94 bits per heavy atom. The average molecular weight is 275 g/mol. The first kappa shape index (κ1) is 11.3. The molecule has 90 valence electrons. The van der Waals surface area contributed by atoms with Crippen molar-refractivity contribution in [2.24, 2.45) is 0 Å². The van der Waals surface area contributed by atoms with Gasteiger partial charge in [0.25, 0.3) is 5.56 Å². The number of rotatable bonds is 1. The molecule has 0 aromatic carbocycles. The monoisotopic (exact) mass is 275 g/mol. The van der Waals surface area contributed by atoms with Gasteiger partial charge in [0, 0.05) is 5.69 Å². The summed E-state index contributed by atoms with van der Waals surface area (Å²) in [5.74, 6) is 0. The van der Waals surface area contributed by atoms with Crippen LogP contribution < -0.4 is 5.56 Å². The summed E-state index contributed by atoms with van der Waals surface area (Å²) in [5, 5.41) is 1.87. The second kappa shape index (κ2) is 4.15. The average Bonchev–Trinajstić information content (AvgIpc) is 2.80. The molecule has 0 saturated carbocycles. The molecule has 4 nitrogen and oxygen atoms in total. The molecule has 0 atom stereocenters. The molecule has 3 aromatic heterocycles. The highest BCUT2D eigenvalue weighted by Crippen LogP contribution is 2.15. The number of hydrogen-bond acceptors (Lipinski definition) is 4. The minimum absolute atomic E-state index is 0.102. The lowest BCUT2D eigenvalue weighted by atomic mass is 10.3. The molecule has 3 rings (SSSR count). The number of hydrogen-bond donors (Lipinski definition) is 1. The van der Waals surface area contributed by atoms with Crippen molar-refractivity contribution >= 4 is 33.8 Å². The molecular weight excluding hydrogens is 266 g/mol. The highest BCUT2D eigenvalue weighted by atomic mass is 32.1. The van der Waals surface area contributed by atoms with Gasteiger partial charge in [-0.3, -0.25) is 14.3 Å². The summed E-state index contributed by atoms with van der Waals surface area (Å²) in [7, 11) is 0. The quantitative estimate of drug-likeness (QED) is 0.695. The van der Waals surface area contributed by atoms with Crippen molar-refractivity contribution in [3.05, 3.63) is 50.6 Å². The van der Waals surface area contributed by atoms with Crippen LogP contribution in [0.3, 0.4) is 0 Å². The number of pyridine rings is 1. The summed E-state index contributed by atoms with van der Waals surface area (Å²) in [5.41, 5.74) is 2.27. The summed E-state index contributed by atoms with van der Waals surface area (Å²) in [6, 6.07) is 5.55. The lowest BCUT2D eigenvalue weighted by molar-refractivity contribution is 0.931. The van der Waals surface area contributed by atoms with Gasteiger partial charge in [-0.15, -0.1) is 11.3 Å². The summed E-state index contributed by atoms with van der Waals surface area (Å²) in [6.07, 6.45) is 1.65. The van der Waals surface area contributed by atoms with Crippen LogP contribution in [0.1, 0.15) is 5.69 Å². The molecule has 0 bridgehead atoms. The fourth-order valence-corrected chi connectivity index (χ4v) is 2.84. The van der Waals surface area contributed by atoms with Crippen molar-refractivity contribution in [1.82, 2.24) is 14.5 Å². The number of nitrogens with one attached hydrogen (secondary N) is 1. The van der Waals surface area contributed by atoms with Gasteiger partial charge >= 0.3 is 0 Å². The maximum atomic E-state index is 12.4. The molecule has 0 spiro atoms. The lowest BCUT2D eigenvalue weighted by Crippen LogP contribution is -2.19. The molecule has 3 heterocycles. The van der Waals surface area contributed by atoms with Gasteiger partial charge in [0.05, 0.1) is 17.4 Å². The number of fused-ring (bicyclic) bond motifs is 1. The fourth-order valence-electron chi connectivity index (χ4n) is 1.76. The van der Waals surface area contributed by atoms with E-state index in [1.807, 2.05) is 30.5 Å². The zero-order valence-electron chi connectivity index (χ0n) is 9.51. The minimum atomic E-state index is -0.102. The second-order valence-electron chi connectivity index (χ2n) is 3.89. The van der Waals surface area contributed by atoms with Crippen LogP contribution in [-0.2, 0) is 0 Å². The zero-order chi connectivity index (χ0) is 12.7. The van der Waals surface area contributed by atoms with E-state index in [0.29, 0.717) is 15.2 Å². The zero-order valence-corrected chi connectivity index (χ0v) is 11.1. The van der Waals surface area contributed by atoms with E-state index in [1.54, 1.807) is 6.20 Å². The maximum Gasteiger partial charge on any atom is 0.276 e. The van der Waals surface area contributed by atoms with Crippen LogP contribution in [0.15, 0.2) is 34.6 Å². The topological polar surface area (TPSA) is 50.7 Å². The molecule has 0 aliphatic heterocycles. The first-order valence-electron chi connectivity index (χ1n) is 5.32. The first-order valence-corrected chi connectivity index (χ1v) is 6.61. The highest BCUT2D eigenvalue weighted by Gasteiger charge is 2.08. The third-order valence-corrected chi connectivity index (χ3v) is 3.85. The summed E-state index contributed by atoms with van der Waals surface area (Å²) in [6.45, 7) is 1.90. The Morgan fingerprint density at radius 2 is 2.22 bits per heavy atom. The molecular formula is C12H9N3OS2.